The SMILES string of the molecule is CN1C(=O)NC(=O)C2(N)CCCC=C12. The minimum absolute atomic E-state index is 0.383. The van der Waals surface area contributed by atoms with Gasteiger partial charge in [0.15, 0.2) is 0 Å². The van der Waals surface area contributed by atoms with Gasteiger partial charge in [0, 0.05) is 12.7 Å². The Morgan fingerprint density at radius 1 is 1.57 bits per heavy atom. The number of hydrogen-bond acceptors (Lipinski definition) is 3. The van der Waals surface area contributed by atoms with Crippen molar-refractivity contribution in [2.24, 2.45) is 5.73 Å². The second kappa shape index (κ2) is 2.81. The fourth-order valence-electron chi connectivity index (χ4n) is 2.00. The fourth-order valence-corrected chi connectivity index (χ4v) is 2.00. The van der Waals surface area contributed by atoms with Crippen LogP contribution in [0.5, 0.6) is 0 Å². The minimum atomic E-state index is -0.999. The lowest BCUT2D eigenvalue weighted by Gasteiger charge is -2.41. The maximum Gasteiger partial charge on any atom is 0.328 e. The maximum atomic E-state index is 11.6. The Morgan fingerprint density at radius 3 is 3.00 bits per heavy atom. The van der Waals surface area contributed by atoms with Gasteiger partial charge in [0.1, 0.15) is 5.54 Å². The summed E-state index contributed by atoms with van der Waals surface area (Å²) in [5, 5.41) is 2.25. The molecule has 5 heteroatoms. The van der Waals surface area contributed by atoms with E-state index in [0.29, 0.717) is 12.1 Å². The molecule has 2 aliphatic rings. The van der Waals surface area contributed by atoms with Crippen LogP contribution in [0, 0.1) is 0 Å². The molecule has 1 heterocycles. The maximum absolute atomic E-state index is 11.6. The van der Waals surface area contributed by atoms with Crippen molar-refractivity contribution >= 4 is 11.9 Å². The van der Waals surface area contributed by atoms with E-state index in [2.05, 4.69) is 5.32 Å². The average Bonchev–Trinajstić information content (AvgIpc) is 2.15. The summed E-state index contributed by atoms with van der Waals surface area (Å²) in [5.41, 5.74) is 5.62. The second-order valence-corrected chi connectivity index (χ2v) is 3.77. The molecule has 0 bridgehead atoms. The van der Waals surface area contributed by atoms with E-state index < -0.39 is 11.6 Å². The Morgan fingerprint density at radius 2 is 2.29 bits per heavy atom. The number of urea groups is 1. The van der Waals surface area contributed by atoms with Crippen LogP contribution >= 0.6 is 0 Å². The van der Waals surface area contributed by atoms with Crippen molar-refractivity contribution in [1.82, 2.24) is 10.2 Å². The van der Waals surface area contributed by atoms with Crippen molar-refractivity contribution in [2.75, 3.05) is 7.05 Å². The molecule has 1 aliphatic carbocycles. The topological polar surface area (TPSA) is 75.4 Å². The zero-order valence-corrected chi connectivity index (χ0v) is 8.04. The number of hydrogen-bond donors (Lipinski definition) is 2. The monoisotopic (exact) mass is 195 g/mol. The van der Waals surface area contributed by atoms with Crippen LogP contribution < -0.4 is 11.1 Å². The summed E-state index contributed by atoms with van der Waals surface area (Å²) < 4.78 is 0. The van der Waals surface area contributed by atoms with Crippen molar-refractivity contribution in [3.8, 4) is 0 Å². The number of nitrogens with one attached hydrogen (secondary N) is 1. The molecule has 76 valence electrons. The number of amides is 3. The smallest absolute Gasteiger partial charge is 0.312 e. The molecule has 0 spiro atoms. The first-order valence-electron chi connectivity index (χ1n) is 4.64. The first kappa shape index (κ1) is 9.21. The molecule has 1 unspecified atom stereocenters. The number of allylic oxidation sites excluding steroid dienone is 1. The first-order chi connectivity index (χ1) is 6.55. The van der Waals surface area contributed by atoms with Crippen LogP contribution in [0.25, 0.3) is 0 Å². The molecule has 0 aromatic heterocycles. The van der Waals surface area contributed by atoms with Gasteiger partial charge < -0.3 is 5.73 Å². The van der Waals surface area contributed by atoms with Crippen molar-refractivity contribution < 1.29 is 9.59 Å². The van der Waals surface area contributed by atoms with Crippen molar-refractivity contribution in [3.63, 3.8) is 0 Å². The van der Waals surface area contributed by atoms with Crippen LogP contribution in [0.2, 0.25) is 0 Å². The van der Waals surface area contributed by atoms with Gasteiger partial charge in [-0.1, -0.05) is 6.08 Å². The standard InChI is InChI=1S/C9H13N3O2/c1-12-6-4-2-3-5-9(6,10)7(13)11-8(12)14/h4H,2-3,5,10H2,1H3,(H,11,13,14). The third kappa shape index (κ3) is 1.05. The minimum Gasteiger partial charge on any atom is -0.312 e. The van der Waals surface area contributed by atoms with Gasteiger partial charge in [-0.3, -0.25) is 15.0 Å². The van der Waals surface area contributed by atoms with Crippen LogP contribution in [-0.4, -0.2) is 29.4 Å². The predicted molar refractivity (Wildman–Crippen MR) is 50.2 cm³/mol. The molecule has 2 rings (SSSR count). The highest BCUT2D eigenvalue weighted by Crippen LogP contribution is 2.31. The lowest BCUT2D eigenvalue weighted by molar-refractivity contribution is -0.126. The zero-order chi connectivity index (χ0) is 10.3. The van der Waals surface area contributed by atoms with E-state index in [1.165, 1.54) is 4.90 Å². The van der Waals surface area contributed by atoms with Gasteiger partial charge >= 0.3 is 6.03 Å². The third-order valence-corrected chi connectivity index (χ3v) is 2.86. The highest BCUT2D eigenvalue weighted by Gasteiger charge is 2.46. The van der Waals surface area contributed by atoms with Crippen molar-refractivity contribution in [3.05, 3.63) is 11.8 Å². The quantitative estimate of drug-likeness (QED) is 0.568. The molecule has 0 aromatic rings. The lowest BCUT2D eigenvalue weighted by Crippen LogP contribution is -2.66. The molecule has 5 nitrogen and oxygen atoms in total. The van der Waals surface area contributed by atoms with Crippen LogP contribution in [0.4, 0.5) is 4.79 Å². The molecular weight excluding hydrogens is 182 g/mol. The molecule has 1 aliphatic heterocycles. The number of nitrogens with two attached hydrogens (primary N) is 1. The van der Waals surface area contributed by atoms with Crippen LogP contribution in [0.3, 0.4) is 0 Å². The van der Waals surface area contributed by atoms with E-state index in [4.69, 9.17) is 5.73 Å². The van der Waals surface area contributed by atoms with E-state index in [1.807, 2.05) is 6.08 Å². The van der Waals surface area contributed by atoms with Gasteiger partial charge in [0.05, 0.1) is 0 Å². The first-order valence-corrected chi connectivity index (χ1v) is 4.64. The summed E-state index contributed by atoms with van der Waals surface area (Å²) in [7, 11) is 1.63. The summed E-state index contributed by atoms with van der Waals surface area (Å²) in [4.78, 5) is 24.3. The molecule has 0 aromatic carbocycles. The van der Waals surface area contributed by atoms with E-state index >= 15 is 0 Å². The van der Waals surface area contributed by atoms with Gasteiger partial charge in [-0.25, -0.2) is 4.79 Å². The molecule has 3 N–H and O–H groups in total. The van der Waals surface area contributed by atoms with Gasteiger partial charge in [0.2, 0.25) is 0 Å². The second-order valence-electron chi connectivity index (χ2n) is 3.77. The summed E-state index contributed by atoms with van der Waals surface area (Å²) in [6, 6.07) is -0.399. The summed E-state index contributed by atoms with van der Waals surface area (Å²) in [6.07, 6.45) is 4.23. The lowest BCUT2D eigenvalue weighted by atomic mass is 9.82. The third-order valence-electron chi connectivity index (χ3n) is 2.86. The van der Waals surface area contributed by atoms with E-state index in [9.17, 15) is 9.59 Å². The Labute approximate surface area is 81.9 Å². The number of rotatable bonds is 0. The number of imide groups is 1. The van der Waals surface area contributed by atoms with E-state index in [0.717, 1.165) is 12.8 Å². The molecule has 14 heavy (non-hydrogen) atoms. The largest absolute Gasteiger partial charge is 0.328 e. The molecule has 1 saturated heterocycles. The predicted octanol–water partition coefficient (Wildman–Crippen LogP) is -0.0667. The zero-order valence-electron chi connectivity index (χ0n) is 8.04. The normalized spacial score (nSPS) is 32.1. The van der Waals surface area contributed by atoms with Crippen molar-refractivity contribution in [1.29, 1.82) is 0 Å². The highest BCUT2D eigenvalue weighted by molar-refractivity contribution is 6.05. The Kier molecular flexibility index (Phi) is 1.85. The fraction of sp³-hybridized carbons (Fsp3) is 0.556. The van der Waals surface area contributed by atoms with Gasteiger partial charge in [-0.05, 0) is 19.3 Å². The number of carbonyl (C=O) groups is 2. The highest BCUT2D eigenvalue weighted by atomic mass is 16.2. The Bertz CT molecular complexity index is 337. The molecule has 0 radical (unpaired) electrons. The van der Waals surface area contributed by atoms with E-state index in [-0.39, 0.29) is 5.91 Å². The summed E-state index contributed by atoms with van der Waals surface area (Å²) in [5.74, 6) is -0.383. The van der Waals surface area contributed by atoms with Crippen LogP contribution in [-0.2, 0) is 4.79 Å². The average molecular weight is 195 g/mol. The molecule has 1 fully saturated rings. The number of nitrogens with zero attached hydrogens (tertiary/aromatic N) is 1. The molecule has 3 amide bonds. The molecular formula is C9H13N3O2. The summed E-state index contributed by atoms with van der Waals surface area (Å²) in [6.45, 7) is 0. The number of fused-ring (bicyclic) bond motifs is 1. The van der Waals surface area contributed by atoms with Gasteiger partial charge in [-0.15, -0.1) is 0 Å². The van der Waals surface area contributed by atoms with Gasteiger partial charge in [-0.2, -0.15) is 0 Å². The Balaban J connectivity index is 2.45. The van der Waals surface area contributed by atoms with Crippen LogP contribution in [0.1, 0.15) is 19.3 Å². The summed E-state index contributed by atoms with van der Waals surface area (Å²) >= 11 is 0. The van der Waals surface area contributed by atoms with E-state index in [1.54, 1.807) is 7.05 Å². The van der Waals surface area contributed by atoms with Gasteiger partial charge in [0.25, 0.3) is 5.91 Å². The molecule has 0 saturated carbocycles. The Hall–Kier alpha value is -1.36. The molecule has 1 atom stereocenters. The van der Waals surface area contributed by atoms with Crippen molar-refractivity contribution in [2.45, 2.75) is 24.8 Å². The number of likely N-dealkylation sites (N-methyl/N-ethyl adjacent to an activating group) is 1. The van der Waals surface area contributed by atoms with Crippen LogP contribution in [0.15, 0.2) is 11.8 Å². The number of carbonyl (C=O) groups excluding carboxylic acids is 2.